The molecule has 0 aromatic heterocycles. The Morgan fingerprint density at radius 3 is 1.84 bits per heavy atom. The summed E-state index contributed by atoms with van der Waals surface area (Å²) in [6.07, 6.45) is 0.387. The lowest BCUT2D eigenvalue weighted by molar-refractivity contribution is 0.463. The summed E-state index contributed by atoms with van der Waals surface area (Å²) in [5.74, 6) is 0.172. The van der Waals surface area contributed by atoms with Gasteiger partial charge in [0.1, 0.15) is 7.14 Å². The molecule has 1 fully saturated rings. The van der Waals surface area contributed by atoms with Gasteiger partial charge in [-0.25, -0.2) is 8.42 Å². The Morgan fingerprint density at radius 1 is 0.844 bits per heavy atom. The van der Waals surface area contributed by atoms with E-state index in [1.54, 1.807) is 24.3 Å². The first-order valence-electron chi connectivity index (χ1n) is 10.7. The van der Waals surface area contributed by atoms with Crippen LogP contribution in [-0.4, -0.2) is 37.9 Å². The van der Waals surface area contributed by atoms with E-state index in [4.69, 9.17) is 11.6 Å². The number of hydrogen-bond donors (Lipinski definition) is 0. The Bertz CT molecular complexity index is 1160. The lowest BCUT2D eigenvalue weighted by Gasteiger charge is -2.25. The molecule has 0 N–H and O–H groups in total. The third kappa shape index (κ3) is 4.58. The second-order valence-corrected chi connectivity index (χ2v) is 13.5. The predicted octanol–water partition coefficient (Wildman–Crippen LogP) is 4.48. The number of rotatable bonds is 7. The molecule has 1 heterocycles. The highest BCUT2D eigenvalue weighted by molar-refractivity contribution is 7.89. The average Bonchev–Trinajstić information content (AvgIpc) is 3.24. The topological polar surface area (TPSA) is 54.5 Å². The van der Waals surface area contributed by atoms with E-state index in [0.717, 1.165) is 16.2 Å². The Kier molecular flexibility index (Phi) is 6.92. The number of halogens is 1. The molecule has 168 valence electrons. The summed E-state index contributed by atoms with van der Waals surface area (Å²) in [5.41, 5.74) is 1.01. The molecule has 1 aliphatic rings. The molecule has 2 unspecified atom stereocenters. The summed E-state index contributed by atoms with van der Waals surface area (Å²) in [5, 5.41) is 1.58. The Labute approximate surface area is 195 Å². The molecule has 0 aliphatic carbocycles. The highest BCUT2D eigenvalue weighted by Crippen LogP contribution is 2.48. The van der Waals surface area contributed by atoms with Crippen LogP contribution in [0.5, 0.6) is 0 Å². The van der Waals surface area contributed by atoms with Gasteiger partial charge in [0.05, 0.1) is 4.90 Å². The quantitative estimate of drug-likeness (QED) is 0.364. The molecule has 32 heavy (non-hydrogen) atoms. The molecule has 0 saturated carbocycles. The monoisotopic (exact) mass is 487 g/mol. The van der Waals surface area contributed by atoms with Crippen molar-refractivity contribution in [2.45, 2.75) is 11.8 Å². The standard InChI is InChI=1S/C25H27ClNO3PS/c1-20-12-14-25(15-13-20)32(29,30)27-17-21(16-26)22(18-27)19-31(28,23-8-4-2-5-9-23)24-10-6-3-7-11-24/h2-15,21-22H,16-19H2,1H3. The van der Waals surface area contributed by atoms with Crippen molar-refractivity contribution < 1.29 is 13.0 Å². The van der Waals surface area contributed by atoms with Crippen molar-refractivity contribution in [1.82, 2.24) is 4.31 Å². The number of aryl methyl sites for hydroxylation is 1. The van der Waals surface area contributed by atoms with Gasteiger partial charge in [0.25, 0.3) is 0 Å². The summed E-state index contributed by atoms with van der Waals surface area (Å²) in [6.45, 7) is 2.59. The van der Waals surface area contributed by atoms with Crippen LogP contribution in [0.1, 0.15) is 5.56 Å². The SMILES string of the molecule is Cc1ccc(S(=O)(=O)N2CC(CCl)C(CP(=O)(c3ccccc3)c3ccccc3)C2)cc1. The zero-order valence-electron chi connectivity index (χ0n) is 18.0. The maximum Gasteiger partial charge on any atom is 0.243 e. The smallest absolute Gasteiger partial charge is 0.243 e. The number of sulfonamides is 1. The van der Waals surface area contributed by atoms with Crippen molar-refractivity contribution >= 4 is 39.4 Å². The predicted molar refractivity (Wildman–Crippen MR) is 132 cm³/mol. The van der Waals surface area contributed by atoms with E-state index >= 15 is 0 Å². The van der Waals surface area contributed by atoms with Gasteiger partial charge in [0.2, 0.25) is 10.0 Å². The minimum absolute atomic E-state index is 0.0577. The lowest BCUT2D eigenvalue weighted by atomic mass is 10.0. The van der Waals surface area contributed by atoms with Gasteiger partial charge in [0.15, 0.2) is 0 Å². The molecule has 0 amide bonds. The van der Waals surface area contributed by atoms with Crippen LogP contribution in [0.2, 0.25) is 0 Å². The lowest BCUT2D eigenvalue weighted by Crippen LogP contribution is -2.30. The van der Waals surface area contributed by atoms with E-state index in [1.165, 1.54) is 4.31 Å². The van der Waals surface area contributed by atoms with Crippen molar-refractivity contribution in [3.05, 3.63) is 90.5 Å². The molecule has 0 bridgehead atoms. The number of nitrogens with zero attached hydrogens (tertiary/aromatic N) is 1. The average molecular weight is 488 g/mol. The fourth-order valence-electron chi connectivity index (χ4n) is 4.36. The number of hydrogen-bond acceptors (Lipinski definition) is 3. The Balaban J connectivity index is 1.66. The van der Waals surface area contributed by atoms with Crippen molar-refractivity contribution in [1.29, 1.82) is 0 Å². The maximum absolute atomic E-state index is 14.5. The van der Waals surface area contributed by atoms with Crippen molar-refractivity contribution in [3.8, 4) is 0 Å². The van der Waals surface area contributed by atoms with Gasteiger partial charge in [-0.15, -0.1) is 11.6 Å². The third-order valence-electron chi connectivity index (χ3n) is 6.24. The second-order valence-electron chi connectivity index (χ2n) is 8.40. The largest absolute Gasteiger partial charge is 0.314 e. The molecule has 3 aromatic carbocycles. The molecule has 4 nitrogen and oxygen atoms in total. The molecule has 0 radical (unpaired) electrons. The number of alkyl halides is 1. The minimum Gasteiger partial charge on any atom is -0.314 e. The highest BCUT2D eigenvalue weighted by atomic mass is 35.5. The van der Waals surface area contributed by atoms with E-state index in [2.05, 4.69) is 0 Å². The Hall–Kier alpha value is -1.91. The van der Waals surface area contributed by atoms with Crippen LogP contribution in [0.4, 0.5) is 0 Å². The van der Waals surface area contributed by atoms with E-state index < -0.39 is 17.2 Å². The van der Waals surface area contributed by atoms with Gasteiger partial charge in [-0.05, 0) is 30.9 Å². The zero-order chi connectivity index (χ0) is 22.8. The van der Waals surface area contributed by atoms with Crippen LogP contribution in [0, 0.1) is 18.8 Å². The van der Waals surface area contributed by atoms with Gasteiger partial charge in [0, 0.05) is 35.7 Å². The normalized spacial score (nSPS) is 19.8. The van der Waals surface area contributed by atoms with Crippen molar-refractivity contribution in [2.75, 3.05) is 25.1 Å². The van der Waals surface area contributed by atoms with E-state index in [1.807, 2.05) is 67.6 Å². The molecular formula is C25H27ClNO3PS. The first-order chi connectivity index (χ1) is 15.3. The van der Waals surface area contributed by atoms with Gasteiger partial charge in [-0.1, -0.05) is 78.4 Å². The van der Waals surface area contributed by atoms with E-state index in [-0.39, 0.29) is 16.7 Å². The first kappa shape index (κ1) is 23.3. The summed E-state index contributed by atoms with van der Waals surface area (Å²) in [7, 11) is -6.59. The summed E-state index contributed by atoms with van der Waals surface area (Å²) < 4.78 is 42.5. The van der Waals surface area contributed by atoms with E-state index in [9.17, 15) is 13.0 Å². The van der Waals surface area contributed by atoms with Gasteiger partial charge in [-0.3, -0.25) is 0 Å². The van der Waals surface area contributed by atoms with Crippen LogP contribution >= 0.6 is 18.7 Å². The van der Waals surface area contributed by atoms with Crippen molar-refractivity contribution in [3.63, 3.8) is 0 Å². The summed E-state index contributed by atoms with van der Waals surface area (Å²) in [6, 6.07) is 25.9. The molecule has 0 spiro atoms. The third-order valence-corrected chi connectivity index (χ3v) is 11.7. The van der Waals surface area contributed by atoms with Crippen LogP contribution in [0.25, 0.3) is 0 Å². The van der Waals surface area contributed by atoms with Gasteiger partial charge >= 0.3 is 0 Å². The molecule has 1 saturated heterocycles. The Morgan fingerprint density at radius 2 is 1.34 bits per heavy atom. The molecule has 4 rings (SSSR count). The molecule has 3 aromatic rings. The molecular weight excluding hydrogens is 461 g/mol. The second kappa shape index (κ2) is 9.52. The maximum atomic E-state index is 14.5. The van der Waals surface area contributed by atoms with Crippen molar-refractivity contribution in [2.24, 2.45) is 11.8 Å². The first-order valence-corrected chi connectivity index (χ1v) is 14.5. The highest BCUT2D eigenvalue weighted by Gasteiger charge is 2.42. The fourth-order valence-corrected chi connectivity index (χ4v) is 9.37. The van der Waals surface area contributed by atoms with Crippen LogP contribution in [0.3, 0.4) is 0 Å². The molecule has 7 heteroatoms. The zero-order valence-corrected chi connectivity index (χ0v) is 20.4. The van der Waals surface area contributed by atoms with Crippen LogP contribution < -0.4 is 10.6 Å². The minimum atomic E-state index is -3.63. The molecule has 1 aliphatic heterocycles. The van der Waals surface area contributed by atoms with Crippen LogP contribution in [0.15, 0.2) is 89.8 Å². The van der Waals surface area contributed by atoms with E-state index in [0.29, 0.717) is 25.1 Å². The molecule has 2 atom stereocenters. The summed E-state index contributed by atoms with van der Waals surface area (Å²) in [4.78, 5) is 0.284. The van der Waals surface area contributed by atoms with Gasteiger partial charge < -0.3 is 4.57 Å². The van der Waals surface area contributed by atoms with Gasteiger partial charge in [-0.2, -0.15) is 4.31 Å². The summed E-state index contributed by atoms with van der Waals surface area (Å²) >= 11 is 6.29. The number of benzene rings is 3. The fraction of sp³-hybridized carbons (Fsp3) is 0.280. The van der Waals surface area contributed by atoms with Crippen LogP contribution in [-0.2, 0) is 14.6 Å².